The van der Waals surface area contributed by atoms with Crippen molar-refractivity contribution in [2.45, 2.75) is 19.7 Å². The van der Waals surface area contributed by atoms with Crippen LogP contribution in [0.15, 0.2) is 67.0 Å². The van der Waals surface area contributed by atoms with Gasteiger partial charge < -0.3 is 14.8 Å². The molecule has 4 nitrogen and oxygen atoms in total. The minimum Gasteiger partial charge on any atom is -0.493 e. The fraction of sp³-hybridized carbons (Fsp3) is 0.190. The van der Waals surface area contributed by atoms with Crippen molar-refractivity contribution in [1.82, 2.24) is 10.3 Å². The number of rotatable bonds is 8. The van der Waals surface area contributed by atoms with E-state index in [1.807, 2.05) is 48.5 Å². The molecule has 0 aliphatic heterocycles. The molecule has 0 aliphatic carbocycles. The van der Waals surface area contributed by atoms with E-state index in [0.717, 1.165) is 17.7 Å². The first-order chi connectivity index (χ1) is 12.8. The van der Waals surface area contributed by atoms with Crippen molar-refractivity contribution in [1.29, 1.82) is 0 Å². The van der Waals surface area contributed by atoms with Crippen LogP contribution in [0.2, 0.25) is 5.02 Å². The van der Waals surface area contributed by atoms with Crippen LogP contribution in [0.1, 0.15) is 16.7 Å². The van der Waals surface area contributed by atoms with Gasteiger partial charge in [-0.05, 0) is 29.3 Å². The molecule has 1 N–H and O–H groups in total. The lowest BCUT2D eigenvalue weighted by molar-refractivity contribution is 0.280. The van der Waals surface area contributed by atoms with Gasteiger partial charge in [-0.1, -0.05) is 41.9 Å². The van der Waals surface area contributed by atoms with Crippen molar-refractivity contribution in [3.8, 4) is 11.5 Å². The van der Waals surface area contributed by atoms with Crippen LogP contribution < -0.4 is 14.8 Å². The highest BCUT2D eigenvalue weighted by molar-refractivity contribution is 6.30. The van der Waals surface area contributed by atoms with Crippen LogP contribution in [-0.4, -0.2) is 12.1 Å². The Balaban J connectivity index is 1.73. The van der Waals surface area contributed by atoms with Crippen LogP contribution in [0, 0.1) is 0 Å². The van der Waals surface area contributed by atoms with Gasteiger partial charge in [0.1, 0.15) is 6.61 Å². The number of nitrogens with zero attached hydrogens (tertiary/aromatic N) is 1. The Morgan fingerprint density at radius 1 is 0.962 bits per heavy atom. The molecule has 0 bridgehead atoms. The van der Waals surface area contributed by atoms with E-state index in [0.29, 0.717) is 29.7 Å². The molecule has 0 spiro atoms. The number of hydrogen-bond acceptors (Lipinski definition) is 4. The molecule has 0 amide bonds. The largest absolute Gasteiger partial charge is 0.493 e. The summed E-state index contributed by atoms with van der Waals surface area (Å²) in [5, 5.41) is 4.03. The highest BCUT2D eigenvalue weighted by Gasteiger charge is 2.13. The topological polar surface area (TPSA) is 43.4 Å². The zero-order valence-electron chi connectivity index (χ0n) is 14.6. The quantitative estimate of drug-likeness (QED) is 0.630. The van der Waals surface area contributed by atoms with Gasteiger partial charge in [-0.2, -0.15) is 0 Å². The van der Waals surface area contributed by atoms with Crippen molar-refractivity contribution < 1.29 is 9.47 Å². The summed E-state index contributed by atoms with van der Waals surface area (Å²) >= 11 is 6.24. The molecule has 0 unspecified atom stereocenters. The summed E-state index contributed by atoms with van der Waals surface area (Å²) in [5.41, 5.74) is 3.22. The summed E-state index contributed by atoms with van der Waals surface area (Å²) in [6, 6.07) is 17.7. The first kappa shape index (κ1) is 18.2. The second-order valence-corrected chi connectivity index (χ2v) is 6.27. The molecule has 5 heteroatoms. The average molecular weight is 369 g/mol. The van der Waals surface area contributed by atoms with Gasteiger partial charge in [0.25, 0.3) is 0 Å². The zero-order valence-corrected chi connectivity index (χ0v) is 15.4. The maximum Gasteiger partial charge on any atom is 0.166 e. The number of halogens is 1. The second kappa shape index (κ2) is 9.22. The smallest absolute Gasteiger partial charge is 0.166 e. The molecular weight excluding hydrogens is 348 g/mol. The van der Waals surface area contributed by atoms with Crippen LogP contribution in [0.4, 0.5) is 0 Å². The molecule has 1 aromatic heterocycles. The Labute approximate surface area is 158 Å². The van der Waals surface area contributed by atoms with E-state index in [4.69, 9.17) is 21.1 Å². The van der Waals surface area contributed by atoms with E-state index in [2.05, 4.69) is 10.3 Å². The second-order valence-electron chi connectivity index (χ2n) is 5.83. The number of benzene rings is 2. The van der Waals surface area contributed by atoms with Crippen LogP contribution in [0.5, 0.6) is 11.5 Å². The molecule has 1 heterocycles. The van der Waals surface area contributed by atoms with Crippen molar-refractivity contribution in [2.24, 2.45) is 0 Å². The van der Waals surface area contributed by atoms with E-state index < -0.39 is 0 Å². The van der Waals surface area contributed by atoms with Gasteiger partial charge in [-0.25, -0.2) is 0 Å². The van der Waals surface area contributed by atoms with Crippen molar-refractivity contribution in [3.05, 3.63) is 88.7 Å². The molecule has 0 fully saturated rings. The summed E-state index contributed by atoms with van der Waals surface area (Å²) in [6.45, 7) is 1.81. The van der Waals surface area contributed by atoms with E-state index in [1.54, 1.807) is 25.6 Å². The number of ether oxygens (including phenoxy) is 2. The Hall–Kier alpha value is -2.56. The van der Waals surface area contributed by atoms with Gasteiger partial charge >= 0.3 is 0 Å². The first-order valence-corrected chi connectivity index (χ1v) is 8.77. The average Bonchev–Trinajstić information content (AvgIpc) is 2.68. The van der Waals surface area contributed by atoms with Gasteiger partial charge in [0, 0.05) is 42.1 Å². The predicted molar refractivity (Wildman–Crippen MR) is 104 cm³/mol. The Bertz CT molecular complexity index is 826. The summed E-state index contributed by atoms with van der Waals surface area (Å²) in [7, 11) is 1.62. The van der Waals surface area contributed by atoms with Crippen LogP contribution >= 0.6 is 11.6 Å². The Morgan fingerprint density at radius 3 is 2.46 bits per heavy atom. The normalized spacial score (nSPS) is 10.5. The van der Waals surface area contributed by atoms with Gasteiger partial charge in [-0.3, -0.25) is 4.98 Å². The van der Waals surface area contributed by atoms with Crippen LogP contribution in [0.25, 0.3) is 0 Å². The third-order valence-electron chi connectivity index (χ3n) is 3.94. The third-order valence-corrected chi connectivity index (χ3v) is 4.15. The number of aromatic nitrogens is 1. The molecule has 0 saturated carbocycles. The maximum absolute atomic E-state index is 6.24. The van der Waals surface area contributed by atoms with Gasteiger partial charge in [0.15, 0.2) is 11.5 Å². The molecule has 3 aromatic rings. The molecule has 26 heavy (non-hydrogen) atoms. The molecule has 0 radical (unpaired) electrons. The number of methoxy groups -OCH3 is 1. The van der Waals surface area contributed by atoms with Crippen LogP contribution in [-0.2, 0) is 19.7 Å². The summed E-state index contributed by atoms with van der Waals surface area (Å²) in [5.74, 6) is 1.34. The summed E-state index contributed by atoms with van der Waals surface area (Å²) in [4.78, 5) is 4.03. The van der Waals surface area contributed by atoms with Gasteiger partial charge in [0.05, 0.1) is 7.11 Å². The highest BCUT2D eigenvalue weighted by Crippen LogP contribution is 2.35. The van der Waals surface area contributed by atoms with E-state index in [1.165, 1.54) is 5.56 Å². The van der Waals surface area contributed by atoms with E-state index in [9.17, 15) is 0 Å². The maximum atomic E-state index is 6.24. The summed E-state index contributed by atoms with van der Waals surface area (Å²) in [6.07, 6.45) is 3.57. The SMILES string of the molecule is COc1cc(Cl)cc(CNCc2ccncc2)c1OCc1ccccc1. The molecule has 3 rings (SSSR count). The van der Waals surface area contributed by atoms with E-state index >= 15 is 0 Å². The number of hydrogen-bond donors (Lipinski definition) is 1. The van der Waals surface area contributed by atoms with E-state index in [-0.39, 0.29) is 0 Å². The fourth-order valence-electron chi connectivity index (χ4n) is 2.64. The van der Waals surface area contributed by atoms with Crippen LogP contribution in [0.3, 0.4) is 0 Å². The lowest BCUT2D eigenvalue weighted by Crippen LogP contribution is -2.14. The number of nitrogens with one attached hydrogen (secondary N) is 1. The molecule has 2 aromatic carbocycles. The molecular formula is C21H21ClN2O2. The van der Waals surface area contributed by atoms with Crippen molar-refractivity contribution in [2.75, 3.05) is 7.11 Å². The summed E-state index contributed by atoms with van der Waals surface area (Å²) < 4.78 is 11.5. The monoisotopic (exact) mass is 368 g/mol. The van der Waals surface area contributed by atoms with Gasteiger partial charge in [-0.15, -0.1) is 0 Å². The predicted octanol–water partition coefficient (Wildman–Crippen LogP) is 4.61. The Kier molecular flexibility index (Phi) is 6.47. The standard InChI is InChI=1S/C21H21ClN2O2/c1-25-20-12-19(22)11-18(14-24-13-16-7-9-23-10-8-16)21(20)26-15-17-5-3-2-4-6-17/h2-12,24H,13-15H2,1H3. The van der Waals surface area contributed by atoms with Gasteiger partial charge in [0.2, 0.25) is 0 Å². The Morgan fingerprint density at radius 2 is 1.73 bits per heavy atom. The lowest BCUT2D eigenvalue weighted by Gasteiger charge is -2.16. The first-order valence-electron chi connectivity index (χ1n) is 8.39. The molecule has 0 aliphatic rings. The zero-order chi connectivity index (χ0) is 18.2. The minimum atomic E-state index is 0.468. The fourth-order valence-corrected chi connectivity index (χ4v) is 2.87. The molecule has 0 saturated heterocycles. The molecule has 0 atom stereocenters. The highest BCUT2D eigenvalue weighted by atomic mass is 35.5. The molecule has 134 valence electrons. The third kappa shape index (κ3) is 4.97. The van der Waals surface area contributed by atoms with Crippen molar-refractivity contribution >= 4 is 11.6 Å². The number of pyridine rings is 1. The minimum absolute atomic E-state index is 0.468. The van der Waals surface area contributed by atoms with Crippen molar-refractivity contribution in [3.63, 3.8) is 0 Å². The lowest BCUT2D eigenvalue weighted by atomic mass is 10.1.